The minimum absolute atomic E-state index is 0.171. The molecule has 2 amide bonds. The van der Waals surface area contributed by atoms with Gasteiger partial charge in [0.15, 0.2) is 5.54 Å². The van der Waals surface area contributed by atoms with E-state index >= 15 is 0 Å². The van der Waals surface area contributed by atoms with Crippen molar-refractivity contribution in [3.8, 4) is 5.75 Å². The molecule has 1 N–H and O–H groups in total. The maximum atomic E-state index is 14.2. The van der Waals surface area contributed by atoms with E-state index in [1.54, 1.807) is 54.6 Å². The summed E-state index contributed by atoms with van der Waals surface area (Å²) in [6.07, 6.45) is 2.14. The molecule has 4 rings (SSSR count). The molecule has 2 heterocycles. The number of likely N-dealkylation sites (tertiary alicyclic amines) is 1. The Morgan fingerprint density at radius 2 is 1.80 bits per heavy atom. The fraction of sp³-hybridized carbons (Fsp3) is 0.296. The highest BCUT2D eigenvalue weighted by atomic mass is 16.5. The van der Waals surface area contributed by atoms with Crippen LogP contribution in [0, 0.1) is 0 Å². The normalized spacial score (nSPS) is 20.7. The number of aliphatic hydroxyl groups is 1. The topological polar surface area (TPSA) is 90.4 Å². The first-order valence-corrected chi connectivity index (χ1v) is 11.4. The van der Waals surface area contributed by atoms with Crippen molar-refractivity contribution < 1.29 is 24.2 Å². The van der Waals surface area contributed by atoms with Crippen LogP contribution in [0.25, 0.3) is 5.76 Å². The summed E-state index contributed by atoms with van der Waals surface area (Å²) in [4.78, 5) is 45.9. The summed E-state index contributed by atoms with van der Waals surface area (Å²) >= 11 is 0. The Bertz CT molecular complexity index is 1220. The fourth-order valence-electron chi connectivity index (χ4n) is 4.92. The van der Waals surface area contributed by atoms with Crippen LogP contribution in [0.1, 0.15) is 17.5 Å². The zero-order valence-electron chi connectivity index (χ0n) is 20.2. The second-order valence-corrected chi connectivity index (χ2v) is 8.83. The van der Waals surface area contributed by atoms with Gasteiger partial charge in [-0.2, -0.15) is 0 Å². The van der Waals surface area contributed by atoms with Crippen molar-refractivity contribution in [2.24, 2.45) is 0 Å². The standard InChI is InChI=1S/C27H29N3O5/c1-5-15-29-21-10-7-6-9-20(21)27(26(29)34)22(23(31)18-11-13-19(35-4)14-12-18)24(32)25(33)30(27)17-8-16-28(2)3/h5-7,9-14,31H,1,8,15-17H2,2-4H3/b23-22+. The van der Waals surface area contributed by atoms with Crippen LogP contribution in [0.15, 0.2) is 66.8 Å². The van der Waals surface area contributed by atoms with Gasteiger partial charge in [0.05, 0.1) is 18.4 Å². The quantitative estimate of drug-likeness (QED) is 0.273. The molecule has 8 heteroatoms. The van der Waals surface area contributed by atoms with Crippen molar-refractivity contribution in [2.75, 3.05) is 45.7 Å². The Morgan fingerprint density at radius 3 is 2.43 bits per heavy atom. The first-order chi connectivity index (χ1) is 16.8. The van der Waals surface area contributed by atoms with Crippen LogP contribution in [0.2, 0.25) is 0 Å². The van der Waals surface area contributed by atoms with E-state index in [0.29, 0.717) is 35.5 Å². The van der Waals surface area contributed by atoms with Gasteiger partial charge in [-0.1, -0.05) is 24.3 Å². The van der Waals surface area contributed by atoms with Crippen molar-refractivity contribution in [1.29, 1.82) is 0 Å². The molecular formula is C27H29N3O5. The molecule has 2 aliphatic rings. The molecule has 2 aliphatic heterocycles. The number of hydrogen-bond acceptors (Lipinski definition) is 6. The minimum Gasteiger partial charge on any atom is -0.507 e. The molecule has 1 atom stereocenters. The largest absolute Gasteiger partial charge is 0.507 e. The molecule has 8 nitrogen and oxygen atoms in total. The van der Waals surface area contributed by atoms with E-state index < -0.39 is 28.9 Å². The van der Waals surface area contributed by atoms with E-state index in [1.807, 2.05) is 19.0 Å². The molecular weight excluding hydrogens is 446 g/mol. The summed E-state index contributed by atoms with van der Waals surface area (Å²) in [5.41, 5.74) is -0.599. The number of carbonyl (C=O) groups is 3. The third kappa shape index (κ3) is 3.70. The number of rotatable bonds is 8. The van der Waals surface area contributed by atoms with E-state index in [9.17, 15) is 19.5 Å². The Balaban J connectivity index is 1.98. The fourth-order valence-corrected chi connectivity index (χ4v) is 4.92. The van der Waals surface area contributed by atoms with E-state index in [0.717, 1.165) is 0 Å². The average Bonchev–Trinajstić information content (AvgIpc) is 3.23. The zero-order chi connectivity index (χ0) is 25.3. The highest BCUT2D eigenvalue weighted by Gasteiger charge is 2.66. The number of fused-ring (bicyclic) bond motifs is 2. The lowest BCUT2D eigenvalue weighted by molar-refractivity contribution is -0.143. The first-order valence-electron chi connectivity index (χ1n) is 11.4. The Hall–Kier alpha value is -3.91. The predicted octanol–water partition coefficient (Wildman–Crippen LogP) is 2.76. The second kappa shape index (κ2) is 9.38. The Kier molecular flexibility index (Phi) is 6.49. The lowest BCUT2D eigenvalue weighted by Gasteiger charge is -2.34. The van der Waals surface area contributed by atoms with E-state index in [4.69, 9.17) is 4.74 Å². The van der Waals surface area contributed by atoms with Crippen LogP contribution < -0.4 is 9.64 Å². The molecule has 0 saturated carbocycles. The molecule has 0 bridgehead atoms. The van der Waals surface area contributed by atoms with Crippen LogP contribution >= 0.6 is 0 Å². The number of hydrogen-bond donors (Lipinski definition) is 1. The van der Waals surface area contributed by atoms with Gasteiger partial charge in [0.25, 0.3) is 17.6 Å². The van der Waals surface area contributed by atoms with Crippen LogP contribution in [0.4, 0.5) is 5.69 Å². The number of methoxy groups -OCH3 is 1. The van der Waals surface area contributed by atoms with Gasteiger partial charge in [-0.3, -0.25) is 14.4 Å². The highest BCUT2D eigenvalue weighted by Crippen LogP contribution is 2.53. The number of ether oxygens (including phenoxy) is 1. The molecule has 0 aliphatic carbocycles. The lowest BCUT2D eigenvalue weighted by atomic mass is 9.82. The number of Topliss-reactive ketones (excluding diaryl/α,β-unsaturated/α-hetero) is 1. The lowest BCUT2D eigenvalue weighted by Crippen LogP contribution is -2.52. The highest BCUT2D eigenvalue weighted by molar-refractivity contribution is 6.50. The smallest absolute Gasteiger partial charge is 0.296 e. The second-order valence-electron chi connectivity index (χ2n) is 8.83. The van der Waals surface area contributed by atoms with Crippen molar-refractivity contribution in [3.63, 3.8) is 0 Å². The van der Waals surface area contributed by atoms with Gasteiger partial charge in [-0.15, -0.1) is 6.58 Å². The average molecular weight is 476 g/mol. The number of nitrogens with zero attached hydrogens (tertiary/aromatic N) is 3. The molecule has 0 radical (unpaired) electrons. The molecule has 2 aromatic rings. The molecule has 182 valence electrons. The summed E-state index contributed by atoms with van der Waals surface area (Å²) in [5, 5.41) is 11.4. The van der Waals surface area contributed by atoms with Gasteiger partial charge in [0.1, 0.15) is 11.5 Å². The Labute approximate surface area is 204 Å². The summed E-state index contributed by atoms with van der Waals surface area (Å²) in [6, 6.07) is 13.5. The molecule has 1 fully saturated rings. The SMILES string of the molecule is C=CCN1C(=O)C2(/C(=C(/O)c3ccc(OC)cc3)C(=O)C(=O)N2CCCN(C)C)c2ccccc21. The molecule has 2 aromatic carbocycles. The van der Waals surface area contributed by atoms with E-state index in [2.05, 4.69) is 6.58 Å². The third-order valence-electron chi connectivity index (χ3n) is 6.47. The monoisotopic (exact) mass is 475 g/mol. The summed E-state index contributed by atoms with van der Waals surface area (Å²) in [5.74, 6) is -1.98. The first kappa shape index (κ1) is 24.2. The van der Waals surface area contributed by atoms with Crippen molar-refractivity contribution >= 4 is 29.0 Å². The molecule has 1 spiro atoms. The van der Waals surface area contributed by atoms with Gasteiger partial charge < -0.3 is 24.5 Å². The molecule has 1 unspecified atom stereocenters. The Morgan fingerprint density at radius 1 is 1.11 bits per heavy atom. The third-order valence-corrected chi connectivity index (χ3v) is 6.47. The number of aliphatic hydroxyl groups excluding tert-OH is 1. The number of para-hydroxylation sites is 1. The van der Waals surface area contributed by atoms with Crippen LogP contribution in [0.5, 0.6) is 5.75 Å². The number of benzene rings is 2. The van der Waals surface area contributed by atoms with Crippen LogP contribution in [-0.4, -0.2) is 73.3 Å². The summed E-state index contributed by atoms with van der Waals surface area (Å²) in [7, 11) is 5.35. The summed E-state index contributed by atoms with van der Waals surface area (Å²) in [6.45, 7) is 4.79. The van der Waals surface area contributed by atoms with E-state index in [1.165, 1.54) is 16.9 Å². The minimum atomic E-state index is -1.76. The molecule has 1 saturated heterocycles. The predicted molar refractivity (Wildman–Crippen MR) is 133 cm³/mol. The molecule has 0 aromatic heterocycles. The van der Waals surface area contributed by atoms with Crippen molar-refractivity contribution in [3.05, 3.63) is 77.9 Å². The number of anilines is 1. The van der Waals surface area contributed by atoms with Gasteiger partial charge in [-0.25, -0.2) is 0 Å². The molecule has 35 heavy (non-hydrogen) atoms. The maximum Gasteiger partial charge on any atom is 0.296 e. The zero-order valence-corrected chi connectivity index (χ0v) is 20.2. The summed E-state index contributed by atoms with van der Waals surface area (Å²) < 4.78 is 5.19. The van der Waals surface area contributed by atoms with Crippen molar-refractivity contribution in [2.45, 2.75) is 12.0 Å². The van der Waals surface area contributed by atoms with Gasteiger partial charge in [-0.05, 0) is 57.4 Å². The van der Waals surface area contributed by atoms with E-state index in [-0.39, 0.29) is 18.7 Å². The number of ketones is 1. The van der Waals surface area contributed by atoms with Gasteiger partial charge >= 0.3 is 0 Å². The van der Waals surface area contributed by atoms with Gasteiger partial charge in [0, 0.05) is 24.2 Å². The van der Waals surface area contributed by atoms with Crippen molar-refractivity contribution in [1.82, 2.24) is 9.80 Å². The van der Waals surface area contributed by atoms with Crippen LogP contribution in [0.3, 0.4) is 0 Å². The van der Waals surface area contributed by atoms with Crippen LogP contribution in [-0.2, 0) is 19.9 Å². The number of carbonyl (C=O) groups excluding carboxylic acids is 3. The number of amides is 2. The van der Waals surface area contributed by atoms with Gasteiger partial charge in [0.2, 0.25) is 0 Å². The maximum absolute atomic E-state index is 14.2.